The largest absolute Gasteiger partial charge is 4.00 e. The second-order valence-corrected chi connectivity index (χ2v) is 12.8. The summed E-state index contributed by atoms with van der Waals surface area (Å²) in [6.45, 7) is 28.1. The number of hydrogen-bond donors (Lipinski definition) is 0. The van der Waals surface area contributed by atoms with Crippen LogP contribution in [-0.4, -0.2) is 23.8 Å². The first kappa shape index (κ1) is 44.1. The zero-order chi connectivity index (χ0) is 28.9. The number of carbonyl (C=O) groups is 2. The number of hydrogen-bond acceptors (Lipinski definition) is 6. The smallest absolute Gasteiger partial charge is 0.875 e. The molecule has 0 heterocycles. The molecule has 0 radical (unpaired) electrons. The fourth-order valence-corrected chi connectivity index (χ4v) is 1.10. The van der Waals surface area contributed by atoms with Gasteiger partial charge >= 0.3 is 21.7 Å². The van der Waals surface area contributed by atoms with Gasteiger partial charge in [-0.25, -0.2) is 0 Å². The van der Waals surface area contributed by atoms with Gasteiger partial charge in [-0.15, -0.1) is 23.7 Å². The Morgan fingerprint density at radius 3 is 0.743 bits per heavy atom. The maximum atomic E-state index is 11.4. The molecule has 0 aromatic carbocycles. The summed E-state index contributed by atoms with van der Waals surface area (Å²) in [5.41, 5.74) is -1.83. The summed E-state index contributed by atoms with van der Waals surface area (Å²) in [5.74, 6) is -0.417. The first-order chi connectivity index (χ1) is 14.6. The van der Waals surface area contributed by atoms with Crippen molar-refractivity contribution in [1.29, 1.82) is 0 Å². The van der Waals surface area contributed by atoms with Crippen molar-refractivity contribution in [3.8, 4) is 0 Å². The van der Waals surface area contributed by atoms with E-state index in [9.17, 15) is 30.0 Å². The van der Waals surface area contributed by atoms with Crippen LogP contribution in [0.4, 0.5) is 0 Å². The molecule has 35 heavy (non-hydrogen) atoms. The molecule has 0 atom stereocenters. The number of rotatable bonds is 2. The van der Waals surface area contributed by atoms with Gasteiger partial charge in [0.15, 0.2) is 11.6 Å². The summed E-state index contributed by atoms with van der Waals surface area (Å²) in [6, 6.07) is 0. The molecular formula is C28H52O6Ti. The van der Waals surface area contributed by atoms with Gasteiger partial charge < -0.3 is 20.4 Å². The topological polar surface area (TPSA) is 126 Å². The van der Waals surface area contributed by atoms with E-state index in [0.717, 1.165) is 0 Å². The fourth-order valence-electron chi connectivity index (χ4n) is 1.10. The summed E-state index contributed by atoms with van der Waals surface area (Å²) in [6.07, 6.45) is 1.61. The van der Waals surface area contributed by atoms with E-state index in [-0.39, 0.29) is 44.8 Å². The Hall–Kier alpha value is -0.946. The van der Waals surface area contributed by atoms with Crippen molar-refractivity contribution in [3.05, 3.63) is 23.7 Å². The Morgan fingerprint density at radius 1 is 0.514 bits per heavy atom. The van der Waals surface area contributed by atoms with Crippen LogP contribution >= 0.6 is 0 Å². The van der Waals surface area contributed by atoms with Gasteiger partial charge in [0.25, 0.3) is 0 Å². The third-order valence-electron chi connectivity index (χ3n) is 3.48. The predicted octanol–water partition coefficient (Wildman–Crippen LogP) is 3.29. The van der Waals surface area contributed by atoms with Gasteiger partial charge in [0.05, 0.1) is 0 Å². The average Bonchev–Trinajstić information content (AvgIpc) is 2.50. The van der Waals surface area contributed by atoms with E-state index in [1.54, 1.807) is 27.7 Å². The van der Waals surface area contributed by atoms with Gasteiger partial charge in [-0.2, -0.15) is 0 Å². The average molecular weight is 533 g/mol. The minimum absolute atomic E-state index is 0. The van der Waals surface area contributed by atoms with Crippen molar-refractivity contribution >= 4 is 11.6 Å². The van der Waals surface area contributed by atoms with Crippen LogP contribution in [0.2, 0.25) is 0 Å². The molecule has 0 saturated heterocycles. The Kier molecular flexibility index (Phi) is 23.1. The third-order valence-corrected chi connectivity index (χ3v) is 3.48. The summed E-state index contributed by atoms with van der Waals surface area (Å²) in [5, 5.41) is 41.9. The van der Waals surface area contributed by atoms with Crippen molar-refractivity contribution in [2.24, 2.45) is 21.7 Å². The summed E-state index contributed by atoms with van der Waals surface area (Å²) < 4.78 is 0. The van der Waals surface area contributed by atoms with E-state index in [0.29, 0.717) is 0 Å². The Bertz CT molecular complexity index is 583. The molecular weight excluding hydrogens is 480 g/mol. The molecule has 0 bridgehead atoms. The number of allylic oxidation sites excluding steroid dienone is 4. The molecule has 204 valence electrons. The minimum atomic E-state index is -0.457. The normalized spacial score (nSPS) is 12.8. The van der Waals surface area contributed by atoms with Crippen LogP contribution in [0.5, 0.6) is 0 Å². The second kappa shape index (κ2) is 18.3. The van der Waals surface area contributed by atoms with Crippen LogP contribution in [0.3, 0.4) is 0 Å². The second-order valence-electron chi connectivity index (χ2n) is 12.8. The molecule has 0 saturated carbocycles. The molecule has 6 nitrogen and oxygen atoms in total. The van der Waals surface area contributed by atoms with Crippen LogP contribution in [-0.2, 0) is 31.3 Å². The van der Waals surface area contributed by atoms with Gasteiger partial charge in [0.1, 0.15) is 0 Å². The molecule has 7 heteroatoms. The molecule has 0 fully saturated rings. The molecule has 0 aliphatic rings. The first-order valence-corrected chi connectivity index (χ1v) is 11.8. The predicted molar refractivity (Wildman–Crippen MR) is 134 cm³/mol. The zero-order valence-electron chi connectivity index (χ0n) is 25.3. The SMILES string of the molecule is CC(C)(C)C(=O)/C=C(\[O-])C(C)(C)C.CC(C)(C)C(=O)/C=C(\[O-])C(C)(C)C.CC(C)[O-].CC(C)[O-].[Ti+4]. The quantitative estimate of drug-likeness (QED) is 0.305. The van der Waals surface area contributed by atoms with E-state index in [1.165, 1.54) is 12.2 Å². The minimum Gasteiger partial charge on any atom is -0.875 e. The molecule has 0 N–H and O–H groups in total. The van der Waals surface area contributed by atoms with Crippen LogP contribution in [0.1, 0.15) is 111 Å². The van der Waals surface area contributed by atoms with Gasteiger partial charge in [-0.05, 0) is 23.0 Å². The molecule has 0 aromatic heterocycles. The molecule has 0 aromatic rings. The van der Waals surface area contributed by atoms with Gasteiger partial charge in [0, 0.05) is 10.8 Å². The number of ketones is 2. The van der Waals surface area contributed by atoms with Crippen molar-refractivity contribution in [3.63, 3.8) is 0 Å². The van der Waals surface area contributed by atoms with Gasteiger partial charge in [-0.3, -0.25) is 9.59 Å². The third kappa shape index (κ3) is 33.1. The summed E-state index contributed by atoms with van der Waals surface area (Å²) in [7, 11) is 0. The maximum absolute atomic E-state index is 11.4. The van der Waals surface area contributed by atoms with Crippen molar-refractivity contribution in [2.75, 3.05) is 0 Å². The Balaban J connectivity index is -0.000000128. The van der Waals surface area contributed by atoms with Crippen LogP contribution in [0.25, 0.3) is 0 Å². The molecule has 0 amide bonds. The first-order valence-electron chi connectivity index (χ1n) is 11.8. The van der Waals surface area contributed by atoms with Gasteiger partial charge in [0.2, 0.25) is 0 Å². The maximum Gasteiger partial charge on any atom is 4.00 e. The van der Waals surface area contributed by atoms with E-state index in [2.05, 4.69) is 0 Å². The monoisotopic (exact) mass is 532 g/mol. The van der Waals surface area contributed by atoms with E-state index in [4.69, 9.17) is 0 Å². The molecule has 0 unspecified atom stereocenters. The number of carbonyl (C=O) groups excluding carboxylic acids is 2. The van der Waals surface area contributed by atoms with E-state index in [1.807, 2.05) is 83.1 Å². The zero-order valence-corrected chi connectivity index (χ0v) is 26.8. The Morgan fingerprint density at radius 2 is 0.657 bits per heavy atom. The van der Waals surface area contributed by atoms with Gasteiger partial charge in [-0.1, -0.05) is 111 Å². The van der Waals surface area contributed by atoms with Crippen LogP contribution < -0.4 is 20.4 Å². The fraction of sp³-hybridized carbons (Fsp3) is 0.786. The van der Waals surface area contributed by atoms with Crippen LogP contribution in [0.15, 0.2) is 23.7 Å². The van der Waals surface area contributed by atoms with Crippen molar-refractivity contribution in [1.82, 2.24) is 0 Å². The molecule has 0 aliphatic carbocycles. The van der Waals surface area contributed by atoms with Crippen LogP contribution in [0, 0.1) is 21.7 Å². The molecule has 0 rings (SSSR count). The van der Waals surface area contributed by atoms with Crippen molar-refractivity contribution < 1.29 is 51.7 Å². The van der Waals surface area contributed by atoms with Crippen molar-refractivity contribution in [2.45, 2.75) is 123 Å². The molecule has 0 spiro atoms. The standard InChI is InChI=1S/2C11H20O2.2C3H7O.Ti/c2*1-10(2,3)8(12)7-9(13)11(4,5)6;2*1-3(2)4;/h2*7,12H,1-6H3;2*3H,1-2H3;/q;;2*-1;+4/p-2/b2*8-7-;;;. The molecule has 0 aliphatic heterocycles. The van der Waals surface area contributed by atoms with E-state index < -0.39 is 33.9 Å². The van der Waals surface area contributed by atoms with E-state index >= 15 is 0 Å². The summed E-state index contributed by atoms with van der Waals surface area (Å²) in [4.78, 5) is 22.9. The summed E-state index contributed by atoms with van der Waals surface area (Å²) >= 11 is 0. The Labute approximate surface area is 231 Å².